The van der Waals surface area contributed by atoms with Crippen LogP contribution in [-0.2, 0) is 10.5 Å². The van der Waals surface area contributed by atoms with E-state index in [9.17, 15) is 4.79 Å². The minimum atomic E-state index is 0.184. The van der Waals surface area contributed by atoms with Crippen LogP contribution in [0.15, 0.2) is 30.3 Å². The average molecular weight is 277 g/mol. The summed E-state index contributed by atoms with van der Waals surface area (Å²) in [6.07, 6.45) is 3.46. The third-order valence-corrected chi connectivity index (χ3v) is 4.68. The normalized spacial score (nSPS) is 21.3. The Kier molecular flexibility index (Phi) is 4.92. The summed E-state index contributed by atoms with van der Waals surface area (Å²) in [7, 11) is 0. The zero-order valence-corrected chi connectivity index (χ0v) is 12.6. The Morgan fingerprint density at radius 2 is 2.11 bits per heavy atom. The van der Waals surface area contributed by atoms with E-state index in [2.05, 4.69) is 31.3 Å². The Balaban J connectivity index is 1.65. The zero-order valence-electron chi connectivity index (χ0n) is 11.8. The van der Waals surface area contributed by atoms with Gasteiger partial charge in [0.25, 0.3) is 0 Å². The predicted molar refractivity (Wildman–Crippen MR) is 82.2 cm³/mol. The van der Waals surface area contributed by atoms with Crippen LogP contribution in [0.2, 0.25) is 0 Å². The van der Waals surface area contributed by atoms with E-state index in [4.69, 9.17) is 0 Å². The highest BCUT2D eigenvalue weighted by Gasteiger charge is 2.31. The van der Waals surface area contributed by atoms with E-state index in [1.807, 2.05) is 18.2 Å². The van der Waals surface area contributed by atoms with Crippen molar-refractivity contribution in [2.24, 2.45) is 5.41 Å². The Hall–Kier alpha value is -0.960. The van der Waals surface area contributed by atoms with Gasteiger partial charge in [0.2, 0.25) is 5.91 Å². The molecule has 1 saturated carbocycles. The lowest BCUT2D eigenvalue weighted by Gasteiger charge is -2.17. The molecule has 0 saturated heterocycles. The summed E-state index contributed by atoms with van der Waals surface area (Å²) in [6, 6.07) is 10.7. The monoisotopic (exact) mass is 277 g/mol. The second kappa shape index (κ2) is 6.47. The third kappa shape index (κ3) is 4.90. The van der Waals surface area contributed by atoms with Crippen LogP contribution in [-0.4, -0.2) is 17.7 Å². The van der Waals surface area contributed by atoms with Crippen LogP contribution in [0.25, 0.3) is 0 Å². The van der Waals surface area contributed by atoms with Crippen LogP contribution in [0.3, 0.4) is 0 Å². The van der Waals surface area contributed by atoms with Crippen molar-refractivity contribution in [2.45, 2.75) is 44.9 Å². The molecule has 1 aromatic rings. The molecule has 0 aliphatic heterocycles. The highest BCUT2D eigenvalue weighted by Crippen LogP contribution is 2.36. The van der Waals surface area contributed by atoms with Crippen molar-refractivity contribution in [1.82, 2.24) is 5.32 Å². The predicted octanol–water partition coefficient (Wildman–Crippen LogP) is 3.61. The molecule has 1 N–H and O–H groups in total. The number of thioether (sulfide) groups is 1. The Labute approximate surface area is 120 Å². The fourth-order valence-electron chi connectivity index (χ4n) is 2.66. The number of hydrogen-bond acceptors (Lipinski definition) is 2. The molecule has 2 rings (SSSR count). The van der Waals surface area contributed by atoms with E-state index in [0.29, 0.717) is 17.2 Å². The quantitative estimate of drug-likeness (QED) is 0.890. The summed E-state index contributed by atoms with van der Waals surface area (Å²) < 4.78 is 0. The van der Waals surface area contributed by atoms with Gasteiger partial charge in [0.15, 0.2) is 0 Å². The highest BCUT2D eigenvalue weighted by molar-refractivity contribution is 7.99. The van der Waals surface area contributed by atoms with Gasteiger partial charge in [-0.2, -0.15) is 0 Å². The zero-order chi connectivity index (χ0) is 13.7. The number of rotatable bonds is 5. The van der Waals surface area contributed by atoms with Crippen molar-refractivity contribution < 1.29 is 4.79 Å². The van der Waals surface area contributed by atoms with Crippen molar-refractivity contribution in [1.29, 1.82) is 0 Å². The van der Waals surface area contributed by atoms with Crippen LogP contribution < -0.4 is 5.32 Å². The molecule has 3 heteroatoms. The second-order valence-electron chi connectivity index (χ2n) is 6.15. The molecule has 19 heavy (non-hydrogen) atoms. The molecule has 0 bridgehead atoms. The Bertz CT molecular complexity index is 416. The largest absolute Gasteiger partial charge is 0.353 e. The Morgan fingerprint density at radius 1 is 1.37 bits per heavy atom. The van der Waals surface area contributed by atoms with E-state index in [1.165, 1.54) is 12.0 Å². The second-order valence-corrected chi connectivity index (χ2v) is 7.14. The van der Waals surface area contributed by atoms with Crippen molar-refractivity contribution >= 4 is 17.7 Å². The number of amides is 1. The molecular formula is C16H23NOS. The van der Waals surface area contributed by atoms with Gasteiger partial charge < -0.3 is 5.32 Å². The van der Waals surface area contributed by atoms with E-state index in [1.54, 1.807) is 11.8 Å². The van der Waals surface area contributed by atoms with Gasteiger partial charge in [0, 0.05) is 11.8 Å². The molecule has 104 valence electrons. The molecule has 0 heterocycles. The SMILES string of the molecule is CC1(C)CCC(NC(=O)CSCc2ccccc2)C1. The topological polar surface area (TPSA) is 29.1 Å². The molecule has 2 nitrogen and oxygen atoms in total. The van der Waals surface area contributed by atoms with Crippen molar-refractivity contribution in [3.63, 3.8) is 0 Å². The molecule has 1 aliphatic carbocycles. The van der Waals surface area contributed by atoms with Gasteiger partial charge in [-0.05, 0) is 30.2 Å². The van der Waals surface area contributed by atoms with E-state index >= 15 is 0 Å². The summed E-state index contributed by atoms with van der Waals surface area (Å²) in [5, 5.41) is 3.16. The molecule has 1 fully saturated rings. The maximum atomic E-state index is 11.9. The standard InChI is InChI=1S/C16H23NOS/c1-16(2)9-8-14(10-16)17-15(18)12-19-11-13-6-4-3-5-7-13/h3-7,14H,8-12H2,1-2H3,(H,17,18). The first-order valence-corrected chi connectivity index (χ1v) is 8.12. The fourth-order valence-corrected chi connectivity index (χ4v) is 3.46. The van der Waals surface area contributed by atoms with Crippen LogP contribution >= 0.6 is 11.8 Å². The summed E-state index contributed by atoms with van der Waals surface area (Å²) >= 11 is 1.69. The summed E-state index contributed by atoms with van der Waals surface area (Å²) in [4.78, 5) is 11.9. The molecule has 1 aliphatic rings. The van der Waals surface area contributed by atoms with Gasteiger partial charge in [-0.15, -0.1) is 11.8 Å². The first-order valence-electron chi connectivity index (χ1n) is 6.96. The number of benzene rings is 1. The maximum Gasteiger partial charge on any atom is 0.230 e. The van der Waals surface area contributed by atoms with Gasteiger partial charge in [-0.25, -0.2) is 0 Å². The number of carbonyl (C=O) groups is 1. The van der Waals surface area contributed by atoms with Gasteiger partial charge in [-0.3, -0.25) is 4.79 Å². The van der Waals surface area contributed by atoms with Gasteiger partial charge >= 0.3 is 0 Å². The van der Waals surface area contributed by atoms with Crippen LogP contribution in [0, 0.1) is 5.41 Å². The minimum absolute atomic E-state index is 0.184. The lowest BCUT2D eigenvalue weighted by atomic mass is 9.92. The van der Waals surface area contributed by atoms with Gasteiger partial charge in [-0.1, -0.05) is 44.2 Å². The van der Waals surface area contributed by atoms with Crippen LogP contribution in [0.5, 0.6) is 0 Å². The number of carbonyl (C=O) groups excluding carboxylic acids is 1. The molecule has 1 unspecified atom stereocenters. The molecule has 0 radical (unpaired) electrons. The number of nitrogens with one attached hydrogen (secondary N) is 1. The third-order valence-electron chi connectivity index (χ3n) is 3.68. The fraction of sp³-hybridized carbons (Fsp3) is 0.562. The van der Waals surface area contributed by atoms with E-state index < -0.39 is 0 Å². The van der Waals surface area contributed by atoms with E-state index in [0.717, 1.165) is 18.6 Å². The van der Waals surface area contributed by atoms with Crippen LogP contribution in [0.4, 0.5) is 0 Å². The highest BCUT2D eigenvalue weighted by atomic mass is 32.2. The minimum Gasteiger partial charge on any atom is -0.353 e. The maximum absolute atomic E-state index is 11.9. The van der Waals surface area contributed by atoms with Gasteiger partial charge in [0.05, 0.1) is 5.75 Å². The smallest absolute Gasteiger partial charge is 0.230 e. The van der Waals surface area contributed by atoms with Crippen molar-refractivity contribution in [3.05, 3.63) is 35.9 Å². The summed E-state index contributed by atoms with van der Waals surface area (Å²) in [5.41, 5.74) is 1.68. The summed E-state index contributed by atoms with van der Waals surface area (Å²) in [6.45, 7) is 4.56. The molecule has 0 aromatic heterocycles. The lowest BCUT2D eigenvalue weighted by molar-refractivity contribution is -0.119. The first kappa shape index (κ1) is 14.4. The molecule has 0 spiro atoms. The van der Waals surface area contributed by atoms with Crippen molar-refractivity contribution in [2.75, 3.05) is 5.75 Å². The van der Waals surface area contributed by atoms with Crippen molar-refractivity contribution in [3.8, 4) is 0 Å². The molecular weight excluding hydrogens is 254 g/mol. The summed E-state index contributed by atoms with van der Waals surface area (Å²) in [5.74, 6) is 1.65. The van der Waals surface area contributed by atoms with E-state index in [-0.39, 0.29) is 5.91 Å². The lowest BCUT2D eigenvalue weighted by Crippen LogP contribution is -2.34. The molecule has 1 atom stereocenters. The average Bonchev–Trinajstić information content (AvgIpc) is 2.70. The van der Waals surface area contributed by atoms with Gasteiger partial charge in [0.1, 0.15) is 0 Å². The van der Waals surface area contributed by atoms with Crippen LogP contribution in [0.1, 0.15) is 38.7 Å². The first-order chi connectivity index (χ1) is 9.05. The number of hydrogen-bond donors (Lipinski definition) is 1. The molecule has 1 amide bonds. The Morgan fingerprint density at radius 3 is 2.74 bits per heavy atom. The molecule has 1 aromatic carbocycles.